The number of amides is 1. The van der Waals surface area contributed by atoms with Crippen molar-refractivity contribution in [2.45, 2.75) is 17.1 Å². The highest BCUT2D eigenvalue weighted by Crippen LogP contribution is 2.26. The van der Waals surface area contributed by atoms with Crippen molar-refractivity contribution in [3.63, 3.8) is 0 Å². The maximum Gasteiger partial charge on any atom is 0.235 e. The van der Waals surface area contributed by atoms with Gasteiger partial charge in [0.15, 0.2) is 0 Å². The summed E-state index contributed by atoms with van der Waals surface area (Å²) in [5, 5.41) is -0.0235. The van der Waals surface area contributed by atoms with E-state index in [-0.39, 0.29) is 11.2 Å². The van der Waals surface area contributed by atoms with Crippen LogP contribution in [0.15, 0.2) is 33.6 Å². The second-order valence-electron chi connectivity index (χ2n) is 4.84. The zero-order valence-corrected chi connectivity index (χ0v) is 13.7. The van der Waals surface area contributed by atoms with Crippen LogP contribution in [0.25, 0.3) is 0 Å². The van der Waals surface area contributed by atoms with Gasteiger partial charge >= 0.3 is 0 Å². The van der Waals surface area contributed by atoms with E-state index in [9.17, 15) is 4.79 Å². The molecule has 3 nitrogen and oxygen atoms in total. The van der Waals surface area contributed by atoms with E-state index < -0.39 is 0 Å². The van der Waals surface area contributed by atoms with Gasteiger partial charge < -0.3 is 9.80 Å². The van der Waals surface area contributed by atoms with E-state index in [0.717, 1.165) is 35.5 Å². The summed E-state index contributed by atoms with van der Waals surface area (Å²) in [6, 6.07) is 8.11. The molecular weight excluding hydrogens is 324 g/mol. The summed E-state index contributed by atoms with van der Waals surface area (Å²) in [5.74, 6) is 0.251. The van der Waals surface area contributed by atoms with Crippen LogP contribution >= 0.6 is 27.7 Å². The van der Waals surface area contributed by atoms with Crippen LogP contribution in [0.1, 0.15) is 6.92 Å². The lowest BCUT2D eigenvalue weighted by Crippen LogP contribution is -2.49. The minimum absolute atomic E-state index is 0.0235. The molecule has 1 aliphatic heterocycles. The number of carbonyl (C=O) groups is 1. The highest BCUT2D eigenvalue weighted by Gasteiger charge is 2.24. The maximum atomic E-state index is 12.4. The van der Waals surface area contributed by atoms with Crippen LogP contribution in [-0.4, -0.2) is 54.2 Å². The first-order chi connectivity index (χ1) is 9.06. The predicted octanol–water partition coefficient (Wildman–Crippen LogP) is 2.70. The van der Waals surface area contributed by atoms with Crippen LogP contribution in [0.2, 0.25) is 0 Å². The average Bonchev–Trinajstić information content (AvgIpc) is 2.41. The number of carbonyl (C=O) groups excluding carboxylic acids is 1. The number of halogens is 1. The van der Waals surface area contributed by atoms with Crippen molar-refractivity contribution in [1.82, 2.24) is 9.80 Å². The number of hydrogen-bond donors (Lipinski definition) is 0. The summed E-state index contributed by atoms with van der Waals surface area (Å²) in [6.07, 6.45) is 0. The number of nitrogens with zero attached hydrogens (tertiary/aromatic N) is 2. The van der Waals surface area contributed by atoms with Crippen molar-refractivity contribution in [2.75, 3.05) is 33.2 Å². The van der Waals surface area contributed by atoms with E-state index in [0.29, 0.717) is 0 Å². The monoisotopic (exact) mass is 342 g/mol. The van der Waals surface area contributed by atoms with Crippen molar-refractivity contribution in [1.29, 1.82) is 0 Å². The maximum absolute atomic E-state index is 12.4. The normalized spacial score (nSPS) is 18.4. The first-order valence-corrected chi connectivity index (χ1v) is 8.13. The summed E-state index contributed by atoms with van der Waals surface area (Å²) in [5.41, 5.74) is 0. The number of rotatable bonds is 3. The van der Waals surface area contributed by atoms with Crippen molar-refractivity contribution in [3.05, 3.63) is 28.7 Å². The molecule has 1 aliphatic rings. The van der Waals surface area contributed by atoms with Crippen LogP contribution in [0.4, 0.5) is 0 Å². The zero-order valence-electron chi connectivity index (χ0n) is 11.3. The van der Waals surface area contributed by atoms with Crippen molar-refractivity contribution >= 4 is 33.6 Å². The second-order valence-corrected chi connectivity index (χ2v) is 7.17. The quantitative estimate of drug-likeness (QED) is 0.789. The van der Waals surface area contributed by atoms with Gasteiger partial charge in [-0.3, -0.25) is 4.79 Å². The van der Waals surface area contributed by atoms with Crippen LogP contribution in [0.3, 0.4) is 0 Å². The van der Waals surface area contributed by atoms with E-state index in [1.807, 2.05) is 36.1 Å². The second kappa shape index (κ2) is 6.77. The van der Waals surface area contributed by atoms with Gasteiger partial charge in [0, 0.05) is 35.5 Å². The molecule has 0 saturated carbocycles. The minimum atomic E-state index is -0.0235. The lowest BCUT2D eigenvalue weighted by molar-refractivity contribution is -0.131. The molecule has 0 radical (unpaired) electrons. The Labute approximate surface area is 127 Å². The fourth-order valence-corrected chi connectivity index (χ4v) is 3.27. The Hall–Kier alpha value is -0.520. The smallest absolute Gasteiger partial charge is 0.235 e. The molecular formula is C14H19BrN2OS. The molecule has 104 valence electrons. The third-order valence-corrected chi connectivity index (χ3v) is 4.92. The first-order valence-electron chi connectivity index (χ1n) is 6.46. The standard InChI is InChI=1S/C14H19BrN2OS/c1-11(19-13-5-3-12(15)4-6-13)14(18)17-9-7-16(2)8-10-17/h3-6,11H,7-10H2,1-2H3. The summed E-state index contributed by atoms with van der Waals surface area (Å²) in [6.45, 7) is 5.64. The van der Waals surface area contributed by atoms with E-state index in [1.165, 1.54) is 0 Å². The van der Waals surface area contributed by atoms with Gasteiger partial charge in [0.1, 0.15) is 0 Å². The summed E-state index contributed by atoms with van der Waals surface area (Å²) in [4.78, 5) is 17.7. The Morgan fingerprint density at radius 2 is 1.79 bits per heavy atom. The fraction of sp³-hybridized carbons (Fsp3) is 0.500. The summed E-state index contributed by atoms with van der Waals surface area (Å²) < 4.78 is 1.06. The molecule has 19 heavy (non-hydrogen) atoms. The van der Waals surface area contributed by atoms with Crippen LogP contribution in [0.5, 0.6) is 0 Å². The number of piperazine rings is 1. The molecule has 1 saturated heterocycles. The van der Waals surface area contributed by atoms with Gasteiger partial charge in [0.25, 0.3) is 0 Å². The van der Waals surface area contributed by atoms with Gasteiger partial charge in [0.2, 0.25) is 5.91 Å². The molecule has 1 unspecified atom stereocenters. The highest BCUT2D eigenvalue weighted by molar-refractivity contribution is 9.10. The summed E-state index contributed by atoms with van der Waals surface area (Å²) >= 11 is 5.05. The van der Waals surface area contributed by atoms with Gasteiger partial charge in [-0.15, -0.1) is 11.8 Å². The van der Waals surface area contributed by atoms with Gasteiger partial charge in [-0.2, -0.15) is 0 Å². The topological polar surface area (TPSA) is 23.6 Å². The largest absolute Gasteiger partial charge is 0.339 e. The van der Waals surface area contributed by atoms with Crippen LogP contribution in [-0.2, 0) is 4.79 Å². The minimum Gasteiger partial charge on any atom is -0.339 e. The Balaban J connectivity index is 1.90. The molecule has 1 fully saturated rings. The van der Waals surface area contributed by atoms with E-state index in [2.05, 4.69) is 27.9 Å². The Bertz CT molecular complexity index is 430. The molecule has 1 heterocycles. The molecule has 0 spiro atoms. The van der Waals surface area contributed by atoms with Crippen molar-refractivity contribution in [3.8, 4) is 0 Å². The van der Waals surface area contributed by atoms with Crippen LogP contribution in [0, 0.1) is 0 Å². The first kappa shape index (κ1) is 14.9. The molecule has 0 aliphatic carbocycles. The number of likely N-dealkylation sites (N-methyl/N-ethyl adjacent to an activating group) is 1. The molecule has 1 aromatic carbocycles. The van der Waals surface area contributed by atoms with Gasteiger partial charge in [-0.25, -0.2) is 0 Å². The predicted molar refractivity (Wildman–Crippen MR) is 83.5 cm³/mol. The van der Waals surface area contributed by atoms with Crippen LogP contribution < -0.4 is 0 Å². The Morgan fingerprint density at radius 1 is 1.21 bits per heavy atom. The van der Waals surface area contributed by atoms with E-state index in [4.69, 9.17) is 0 Å². The third kappa shape index (κ3) is 4.23. The third-order valence-electron chi connectivity index (χ3n) is 3.29. The molecule has 0 bridgehead atoms. The number of hydrogen-bond acceptors (Lipinski definition) is 3. The van der Waals surface area contributed by atoms with E-state index >= 15 is 0 Å². The van der Waals surface area contributed by atoms with Gasteiger partial charge in [-0.1, -0.05) is 15.9 Å². The highest BCUT2D eigenvalue weighted by atomic mass is 79.9. The average molecular weight is 343 g/mol. The lowest BCUT2D eigenvalue weighted by atomic mass is 10.3. The zero-order chi connectivity index (χ0) is 13.8. The van der Waals surface area contributed by atoms with Crippen molar-refractivity contribution in [2.24, 2.45) is 0 Å². The Kier molecular flexibility index (Phi) is 5.30. The molecule has 5 heteroatoms. The number of thioether (sulfide) groups is 1. The SMILES string of the molecule is CC(Sc1ccc(Br)cc1)C(=O)N1CCN(C)CC1. The Morgan fingerprint density at radius 3 is 2.37 bits per heavy atom. The lowest BCUT2D eigenvalue weighted by Gasteiger charge is -2.33. The van der Waals surface area contributed by atoms with Crippen molar-refractivity contribution < 1.29 is 4.79 Å². The van der Waals surface area contributed by atoms with Gasteiger partial charge in [0.05, 0.1) is 5.25 Å². The fourth-order valence-electron chi connectivity index (χ4n) is 2.05. The molecule has 0 aromatic heterocycles. The molecule has 2 rings (SSSR count). The molecule has 1 atom stereocenters. The summed E-state index contributed by atoms with van der Waals surface area (Å²) in [7, 11) is 2.10. The molecule has 1 aromatic rings. The van der Waals surface area contributed by atoms with Gasteiger partial charge in [-0.05, 0) is 38.2 Å². The molecule has 1 amide bonds. The van der Waals surface area contributed by atoms with E-state index in [1.54, 1.807) is 11.8 Å². The number of benzene rings is 1. The molecule has 0 N–H and O–H groups in total.